The minimum atomic E-state index is -0.134. The maximum Gasteiger partial charge on any atom is 0.333 e. The third-order valence-electron chi connectivity index (χ3n) is 7.74. The fourth-order valence-corrected chi connectivity index (χ4v) is 5.81. The largest absolute Gasteiger partial charge is 0.349 e. The summed E-state index contributed by atoms with van der Waals surface area (Å²) in [6, 6.07) is 15.6. The molecule has 0 saturated heterocycles. The predicted molar refractivity (Wildman–Crippen MR) is 149 cm³/mol. The number of nitrogens with zero attached hydrogens (tertiary/aromatic N) is 4. The van der Waals surface area contributed by atoms with Crippen LogP contribution in [0.25, 0.3) is 27.6 Å². The number of amides is 1. The maximum absolute atomic E-state index is 13.8. The van der Waals surface area contributed by atoms with Crippen LogP contribution in [-0.2, 0) is 6.54 Å². The van der Waals surface area contributed by atoms with E-state index >= 15 is 0 Å². The van der Waals surface area contributed by atoms with Crippen molar-refractivity contribution in [3.05, 3.63) is 87.2 Å². The van der Waals surface area contributed by atoms with E-state index in [-0.39, 0.29) is 17.6 Å². The van der Waals surface area contributed by atoms with Crippen molar-refractivity contribution in [1.82, 2.24) is 29.6 Å². The third kappa shape index (κ3) is 4.39. The number of pyridine rings is 1. The highest BCUT2D eigenvalue weighted by atomic mass is 35.5. The van der Waals surface area contributed by atoms with E-state index in [9.17, 15) is 9.59 Å². The van der Waals surface area contributed by atoms with Crippen LogP contribution in [-0.4, -0.2) is 36.3 Å². The lowest BCUT2D eigenvalue weighted by Crippen LogP contribution is -2.39. The molecule has 9 heteroatoms. The molecule has 2 N–H and O–H groups in total. The van der Waals surface area contributed by atoms with Gasteiger partial charge in [0.15, 0.2) is 0 Å². The van der Waals surface area contributed by atoms with Crippen LogP contribution in [0.1, 0.15) is 47.4 Å². The highest BCUT2D eigenvalue weighted by molar-refractivity contribution is 6.30. The number of rotatable bonds is 5. The van der Waals surface area contributed by atoms with Crippen molar-refractivity contribution in [2.45, 2.75) is 52.1 Å². The van der Waals surface area contributed by atoms with Gasteiger partial charge in [-0.25, -0.2) is 4.79 Å². The summed E-state index contributed by atoms with van der Waals surface area (Å²) >= 11 is 6.05. The van der Waals surface area contributed by atoms with Gasteiger partial charge in [-0.3, -0.25) is 24.0 Å². The summed E-state index contributed by atoms with van der Waals surface area (Å²) in [6.45, 7) is 4.44. The molecule has 3 aromatic heterocycles. The average Bonchev–Trinajstić information content (AvgIpc) is 3.43. The van der Waals surface area contributed by atoms with Gasteiger partial charge in [-0.1, -0.05) is 23.7 Å². The van der Waals surface area contributed by atoms with Crippen LogP contribution in [0.15, 0.2) is 59.5 Å². The number of carbonyl (C=O) groups excluding carboxylic acids is 1. The van der Waals surface area contributed by atoms with Gasteiger partial charge in [0.1, 0.15) is 0 Å². The van der Waals surface area contributed by atoms with Crippen LogP contribution in [0.5, 0.6) is 0 Å². The molecule has 1 aliphatic rings. The van der Waals surface area contributed by atoms with Gasteiger partial charge in [0.25, 0.3) is 5.91 Å². The van der Waals surface area contributed by atoms with Gasteiger partial charge in [-0.15, -0.1) is 0 Å². The van der Waals surface area contributed by atoms with Gasteiger partial charge >= 0.3 is 5.69 Å². The van der Waals surface area contributed by atoms with Gasteiger partial charge in [-0.05, 0) is 81.8 Å². The number of halogens is 1. The molecule has 38 heavy (non-hydrogen) atoms. The number of para-hydroxylation sites is 2. The molecular formula is C29H29ClN6O2. The fraction of sp³-hybridized carbons (Fsp3) is 0.310. The molecule has 2 aromatic carbocycles. The van der Waals surface area contributed by atoms with Gasteiger partial charge in [0, 0.05) is 29.9 Å². The molecule has 8 nitrogen and oxygen atoms in total. The lowest BCUT2D eigenvalue weighted by atomic mass is 9.85. The van der Waals surface area contributed by atoms with E-state index in [0.717, 1.165) is 59.0 Å². The van der Waals surface area contributed by atoms with Crippen LogP contribution < -0.4 is 11.0 Å². The van der Waals surface area contributed by atoms with Crippen LogP contribution in [0.3, 0.4) is 0 Å². The number of aromatic amines is 1. The van der Waals surface area contributed by atoms with Crippen molar-refractivity contribution < 1.29 is 4.79 Å². The second kappa shape index (κ2) is 9.76. The number of nitrogens with one attached hydrogen (secondary N) is 2. The SMILES string of the molecule is Cc1ncc(Cl)cc1C(=O)NC1CCC(Cn2c(=O)n(-c3ccc4n[nH]c(C)c4c3)c3ccccc32)CC1. The topological polar surface area (TPSA) is 97.6 Å². The molecule has 0 radical (unpaired) electrons. The molecule has 1 fully saturated rings. The Bertz CT molecular complexity index is 1720. The Hall–Kier alpha value is -3.91. The smallest absolute Gasteiger partial charge is 0.333 e. The predicted octanol–water partition coefficient (Wildman–Crippen LogP) is 5.32. The van der Waals surface area contributed by atoms with Crippen molar-refractivity contribution in [3.8, 4) is 5.69 Å². The first kappa shape index (κ1) is 24.4. The van der Waals surface area contributed by atoms with Gasteiger partial charge in [0.05, 0.1) is 38.5 Å². The van der Waals surface area contributed by atoms with E-state index in [1.54, 1.807) is 16.8 Å². The van der Waals surface area contributed by atoms with E-state index in [4.69, 9.17) is 11.6 Å². The molecule has 1 aliphatic carbocycles. The minimum absolute atomic E-state index is 0.0361. The Morgan fingerprint density at radius 1 is 1.08 bits per heavy atom. The molecular weight excluding hydrogens is 500 g/mol. The highest BCUT2D eigenvalue weighted by Gasteiger charge is 2.26. The maximum atomic E-state index is 13.8. The average molecular weight is 529 g/mol. The Kier molecular flexibility index (Phi) is 6.27. The van der Waals surface area contributed by atoms with E-state index in [1.165, 1.54) is 0 Å². The third-order valence-corrected chi connectivity index (χ3v) is 7.95. The molecule has 6 rings (SSSR count). The van der Waals surface area contributed by atoms with E-state index in [0.29, 0.717) is 28.7 Å². The Morgan fingerprint density at radius 2 is 1.84 bits per heavy atom. The zero-order chi connectivity index (χ0) is 26.4. The summed E-state index contributed by atoms with van der Waals surface area (Å²) in [5.74, 6) is 0.221. The number of fused-ring (bicyclic) bond motifs is 2. The lowest BCUT2D eigenvalue weighted by Gasteiger charge is -2.29. The summed E-state index contributed by atoms with van der Waals surface area (Å²) in [5.41, 5.74) is 5.66. The van der Waals surface area contributed by atoms with Crippen molar-refractivity contribution in [2.24, 2.45) is 5.92 Å². The Balaban J connectivity index is 1.21. The van der Waals surface area contributed by atoms with E-state index in [2.05, 4.69) is 20.5 Å². The number of imidazole rings is 1. The summed E-state index contributed by atoms with van der Waals surface area (Å²) < 4.78 is 3.71. The van der Waals surface area contributed by atoms with E-state index < -0.39 is 0 Å². The van der Waals surface area contributed by atoms with Gasteiger partial charge in [-0.2, -0.15) is 5.10 Å². The first-order chi connectivity index (χ1) is 18.4. The zero-order valence-corrected chi connectivity index (χ0v) is 22.1. The highest BCUT2D eigenvalue weighted by Crippen LogP contribution is 2.28. The zero-order valence-electron chi connectivity index (χ0n) is 21.4. The fourth-order valence-electron chi connectivity index (χ4n) is 5.65. The molecule has 0 atom stereocenters. The standard InChI is InChI=1S/C29H29ClN6O2/c1-17-24(13-20(30)15-31-17)28(37)32-21-9-7-19(8-10-21)16-35-26-5-3-4-6-27(26)36(29(35)38)22-11-12-25-23(14-22)18(2)33-34-25/h3-6,11-15,19,21H,7-10,16H2,1-2H3,(H,32,37)(H,33,34). The van der Waals surface area contributed by atoms with Crippen LogP contribution in [0.2, 0.25) is 5.02 Å². The number of benzene rings is 2. The summed E-state index contributed by atoms with van der Waals surface area (Å²) in [5, 5.41) is 12.0. The van der Waals surface area contributed by atoms with Crippen LogP contribution >= 0.6 is 11.6 Å². The molecule has 3 heterocycles. The number of hydrogen-bond donors (Lipinski definition) is 2. The lowest BCUT2D eigenvalue weighted by molar-refractivity contribution is 0.0919. The van der Waals surface area contributed by atoms with E-state index in [1.807, 2.05) is 60.9 Å². The van der Waals surface area contributed by atoms with Crippen molar-refractivity contribution in [3.63, 3.8) is 0 Å². The Morgan fingerprint density at radius 3 is 2.63 bits per heavy atom. The number of H-pyrrole nitrogens is 1. The van der Waals surface area contributed by atoms with Gasteiger partial charge < -0.3 is 5.32 Å². The van der Waals surface area contributed by atoms with Crippen molar-refractivity contribution in [1.29, 1.82) is 0 Å². The first-order valence-electron chi connectivity index (χ1n) is 13.0. The first-order valence-corrected chi connectivity index (χ1v) is 13.3. The molecule has 1 amide bonds. The van der Waals surface area contributed by atoms with Crippen LogP contribution in [0.4, 0.5) is 0 Å². The van der Waals surface area contributed by atoms with Crippen LogP contribution in [0, 0.1) is 19.8 Å². The normalized spacial score (nSPS) is 17.8. The monoisotopic (exact) mass is 528 g/mol. The minimum Gasteiger partial charge on any atom is -0.349 e. The van der Waals surface area contributed by atoms with Crippen molar-refractivity contribution in [2.75, 3.05) is 0 Å². The summed E-state index contributed by atoms with van der Waals surface area (Å²) in [4.78, 5) is 30.8. The molecule has 5 aromatic rings. The molecule has 0 bridgehead atoms. The Labute approximate surface area is 224 Å². The number of aryl methyl sites for hydroxylation is 2. The van der Waals surface area contributed by atoms with Gasteiger partial charge in [0.2, 0.25) is 0 Å². The molecule has 0 unspecified atom stereocenters. The second-order valence-corrected chi connectivity index (χ2v) is 10.7. The number of hydrogen-bond acceptors (Lipinski definition) is 4. The molecule has 0 aliphatic heterocycles. The summed E-state index contributed by atoms with van der Waals surface area (Å²) in [7, 11) is 0. The number of carbonyl (C=O) groups is 1. The number of aromatic nitrogens is 5. The quantitative estimate of drug-likeness (QED) is 0.322. The summed E-state index contributed by atoms with van der Waals surface area (Å²) in [6.07, 6.45) is 5.16. The molecule has 1 saturated carbocycles. The molecule has 0 spiro atoms. The van der Waals surface area contributed by atoms with Crippen molar-refractivity contribution >= 4 is 39.4 Å². The molecule has 194 valence electrons. The second-order valence-electron chi connectivity index (χ2n) is 10.2.